The molecule has 0 unspecified atom stereocenters. The summed E-state index contributed by atoms with van der Waals surface area (Å²) < 4.78 is 0. The molecule has 0 aromatic rings. The monoisotopic (exact) mass is 414 g/mol. The number of hydrogen-bond donors (Lipinski definition) is 4. The third-order valence-corrected chi connectivity index (χ3v) is 6.60. The van der Waals surface area contributed by atoms with Gasteiger partial charge in [0.25, 0.3) is 0 Å². The summed E-state index contributed by atoms with van der Waals surface area (Å²) >= 11 is 0. The van der Waals surface area contributed by atoms with Crippen molar-refractivity contribution in [3.8, 4) is 0 Å². The van der Waals surface area contributed by atoms with Gasteiger partial charge in [-0.2, -0.15) is 0 Å². The predicted molar refractivity (Wildman–Crippen MR) is 112 cm³/mol. The third kappa shape index (κ3) is 6.89. The summed E-state index contributed by atoms with van der Waals surface area (Å²) in [5.74, 6) is 0.317. The number of aliphatic hydroxyl groups is 4. The molecule has 1 saturated heterocycles. The van der Waals surface area contributed by atoms with Gasteiger partial charge in [0.1, 0.15) is 12.2 Å². The molecule has 1 saturated carbocycles. The molecule has 2 rings (SSSR count). The summed E-state index contributed by atoms with van der Waals surface area (Å²) in [7, 11) is 0. The zero-order valence-corrected chi connectivity index (χ0v) is 18.2. The molecule has 4 N–H and O–H groups in total. The highest BCUT2D eigenvalue weighted by atomic mass is 16.4. The van der Waals surface area contributed by atoms with E-state index in [1.54, 1.807) is 0 Å². The number of piperidine rings is 1. The molecule has 0 radical (unpaired) electrons. The Hall–Kier alpha value is -0.730. The van der Waals surface area contributed by atoms with Crippen LogP contribution in [0.4, 0.5) is 0 Å². The van der Waals surface area contributed by atoms with Gasteiger partial charge in [0.05, 0.1) is 18.8 Å². The molecule has 1 aliphatic carbocycles. The van der Waals surface area contributed by atoms with Crippen LogP contribution in [0.1, 0.15) is 71.6 Å². The fourth-order valence-corrected chi connectivity index (χ4v) is 4.78. The Morgan fingerprint density at radius 2 is 1.66 bits per heavy atom. The van der Waals surface area contributed by atoms with Crippen molar-refractivity contribution in [1.29, 1.82) is 0 Å². The lowest BCUT2D eigenvalue weighted by Gasteiger charge is -2.43. The van der Waals surface area contributed by atoms with Crippen LogP contribution in [0.3, 0.4) is 0 Å². The van der Waals surface area contributed by atoms with Crippen molar-refractivity contribution < 1.29 is 25.2 Å². The molecular formula is C22H42N2O5. The fourth-order valence-electron chi connectivity index (χ4n) is 4.78. The highest BCUT2D eigenvalue weighted by Crippen LogP contribution is 2.25. The van der Waals surface area contributed by atoms with Crippen LogP contribution in [0, 0.1) is 5.92 Å². The molecule has 2 fully saturated rings. The topological polar surface area (TPSA) is 104 Å². The van der Waals surface area contributed by atoms with E-state index < -0.39 is 24.4 Å². The summed E-state index contributed by atoms with van der Waals surface area (Å²) in [6.45, 7) is 5.49. The van der Waals surface area contributed by atoms with E-state index in [0.717, 1.165) is 45.1 Å². The Balaban J connectivity index is 1.72. The summed E-state index contributed by atoms with van der Waals surface area (Å²) in [4.78, 5) is 16.7. The summed E-state index contributed by atoms with van der Waals surface area (Å²) in [5, 5.41) is 39.2. The van der Waals surface area contributed by atoms with Crippen LogP contribution in [0.5, 0.6) is 0 Å². The summed E-state index contributed by atoms with van der Waals surface area (Å²) in [5.41, 5.74) is 0. The molecule has 1 heterocycles. The van der Waals surface area contributed by atoms with E-state index in [1.165, 1.54) is 19.3 Å². The molecule has 1 amide bonds. The van der Waals surface area contributed by atoms with Gasteiger partial charge in [-0.1, -0.05) is 46.0 Å². The average Bonchev–Trinajstić information content (AvgIpc) is 2.71. The van der Waals surface area contributed by atoms with Gasteiger partial charge >= 0.3 is 0 Å². The van der Waals surface area contributed by atoms with Crippen molar-refractivity contribution in [2.75, 3.05) is 26.2 Å². The van der Waals surface area contributed by atoms with E-state index in [-0.39, 0.29) is 25.0 Å². The first-order chi connectivity index (χ1) is 13.9. The van der Waals surface area contributed by atoms with Crippen LogP contribution in [0.2, 0.25) is 0 Å². The summed E-state index contributed by atoms with van der Waals surface area (Å²) in [6, 6.07) is -0.120. The first kappa shape index (κ1) is 24.5. The molecule has 0 spiro atoms. The Labute approximate surface area is 175 Å². The zero-order valence-electron chi connectivity index (χ0n) is 18.2. The van der Waals surface area contributed by atoms with Gasteiger partial charge in [0.15, 0.2) is 0 Å². The number of rotatable bonds is 10. The van der Waals surface area contributed by atoms with Crippen LogP contribution >= 0.6 is 0 Å². The number of aliphatic hydroxyl groups excluding tert-OH is 4. The quantitative estimate of drug-likeness (QED) is 0.400. The predicted octanol–water partition coefficient (Wildman–Crippen LogP) is 1.12. The molecule has 0 aromatic heterocycles. The lowest BCUT2D eigenvalue weighted by atomic mass is 9.93. The Kier molecular flexibility index (Phi) is 10.3. The SMILES string of the molecule is CC(C)C(=O)N(CCCCCCN1C[C@H](O)[C@@H](O)[C@H](O)[C@H]1CO)C1CCCCC1. The van der Waals surface area contributed by atoms with Crippen molar-refractivity contribution in [3.05, 3.63) is 0 Å². The maximum Gasteiger partial charge on any atom is 0.225 e. The molecular weight excluding hydrogens is 372 g/mol. The number of carbonyl (C=O) groups is 1. The van der Waals surface area contributed by atoms with Crippen molar-refractivity contribution in [2.24, 2.45) is 5.92 Å². The molecule has 7 heteroatoms. The molecule has 29 heavy (non-hydrogen) atoms. The van der Waals surface area contributed by atoms with Crippen LogP contribution in [0.15, 0.2) is 0 Å². The number of amides is 1. The first-order valence-corrected chi connectivity index (χ1v) is 11.6. The molecule has 4 atom stereocenters. The second-order valence-electron chi connectivity index (χ2n) is 9.19. The second kappa shape index (κ2) is 12.2. The molecule has 1 aliphatic heterocycles. The van der Waals surface area contributed by atoms with Gasteiger partial charge in [-0.3, -0.25) is 9.69 Å². The maximum atomic E-state index is 12.7. The van der Waals surface area contributed by atoms with E-state index in [1.807, 2.05) is 18.7 Å². The molecule has 7 nitrogen and oxygen atoms in total. The minimum atomic E-state index is -1.20. The summed E-state index contributed by atoms with van der Waals surface area (Å²) in [6.07, 6.45) is 6.58. The molecule has 170 valence electrons. The first-order valence-electron chi connectivity index (χ1n) is 11.6. The van der Waals surface area contributed by atoms with Gasteiger partial charge in [-0.25, -0.2) is 0 Å². The minimum absolute atomic E-state index is 0.0413. The Bertz CT molecular complexity index is 484. The highest BCUT2D eigenvalue weighted by molar-refractivity contribution is 5.78. The van der Waals surface area contributed by atoms with Gasteiger partial charge in [0.2, 0.25) is 5.91 Å². The van der Waals surface area contributed by atoms with Gasteiger partial charge in [-0.05, 0) is 32.2 Å². The van der Waals surface area contributed by atoms with Crippen molar-refractivity contribution in [3.63, 3.8) is 0 Å². The van der Waals surface area contributed by atoms with Crippen LogP contribution in [-0.4, -0.2) is 92.8 Å². The number of likely N-dealkylation sites (tertiary alicyclic amines) is 1. The molecule has 0 bridgehead atoms. The smallest absolute Gasteiger partial charge is 0.225 e. The van der Waals surface area contributed by atoms with Gasteiger partial charge in [0, 0.05) is 25.0 Å². The van der Waals surface area contributed by atoms with Gasteiger partial charge in [-0.15, -0.1) is 0 Å². The minimum Gasteiger partial charge on any atom is -0.395 e. The second-order valence-corrected chi connectivity index (χ2v) is 9.19. The van der Waals surface area contributed by atoms with E-state index in [4.69, 9.17) is 0 Å². The standard InChI is InChI=1S/C22H42N2O5/c1-16(2)22(29)24(17-10-6-5-7-11-17)13-9-4-3-8-12-23-14-19(26)21(28)20(27)18(23)15-25/h16-21,25-28H,3-15H2,1-2H3/t18-,19+,20-,21-/m1/s1. The molecule has 0 aromatic carbocycles. The number of unbranched alkanes of at least 4 members (excludes halogenated alkanes) is 3. The van der Waals surface area contributed by atoms with Gasteiger partial charge < -0.3 is 25.3 Å². The maximum absolute atomic E-state index is 12.7. The van der Waals surface area contributed by atoms with Crippen molar-refractivity contribution in [1.82, 2.24) is 9.80 Å². The van der Waals surface area contributed by atoms with Crippen LogP contribution in [-0.2, 0) is 4.79 Å². The normalized spacial score (nSPS) is 29.3. The van der Waals surface area contributed by atoms with Crippen molar-refractivity contribution >= 4 is 5.91 Å². The largest absolute Gasteiger partial charge is 0.395 e. The molecule has 2 aliphatic rings. The zero-order chi connectivity index (χ0) is 21.4. The fraction of sp³-hybridized carbons (Fsp3) is 0.955. The Morgan fingerprint density at radius 1 is 1.00 bits per heavy atom. The third-order valence-electron chi connectivity index (χ3n) is 6.60. The number of carbonyl (C=O) groups excluding carboxylic acids is 1. The lowest BCUT2D eigenvalue weighted by Crippen LogP contribution is -2.62. The average molecular weight is 415 g/mol. The van der Waals surface area contributed by atoms with Crippen LogP contribution < -0.4 is 0 Å². The number of nitrogens with zero attached hydrogens (tertiary/aromatic N) is 2. The highest BCUT2D eigenvalue weighted by Gasteiger charge is 2.40. The van der Waals surface area contributed by atoms with E-state index in [0.29, 0.717) is 12.6 Å². The van der Waals surface area contributed by atoms with Crippen LogP contribution in [0.25, 0.3) is 0 Å². The van der Waals surface area contributed by atoms with E-state index in [9.17, 15) is 25.2 Å². The van der Waals surface area contributed by atoms with Crippen molar-refractivity contribution in [2.45, 2.75) is 102 Å². The Morgan fingerprint density at radius 3 is 2.28 bits per heavy atom. The van der Waals surface area contributed by atoms with E-state index >= 15 is 0 Å². The lowest BCUT2D eigenvalue weighted by molar-refractivity contribution is -0.145. The number of hydrogen-bond acceptors (Lipinski definition) is 6. The number of β-amino-alcohol motifs (C(OH)–C–C–N with tert-alkyl or cyclic N) is 1. The van der Waals surface area contributed by atoms with E-state index in [2.05, 4.69) is 4.90 Å².